The number of nitrogen functional groups attached to an aromatic ring is 1. The van der Waals surface area contributed by atoms with Crippen LogP contribution < -0.4 is 20.9 Å². The summed E-state index contributed by atoms with van der Waals surface area (Å²) < 4.78 is 12.6. The number of likely N-dealkylation sites (N-methyl/N-ethyl adjacent to an activating group) is 1. The van der Waals surface area contributed by atoms with Gasteiger partial charge in [0.25, 0.3) is 0 Å². The van der Waals surface area contributed by atoms with Gasteiger partial charge in [-0.2, -0.15) is 9.97 Å². The van der Waals surface area contributed by atoms with Crippen LogP contribution in [0, 0.1) is 0 Å². The third kappa shape index (κ3) is 8.29. The van der Waals surface area contributed by atoms with Crippen molar-refractivity contribution in [2.24, 2.45) is 0 Å². The summed E-state index contributed by atoms with van der Waals surface area (Å²) in [5.74, 6) is 0.495. The fourth-order valence-electron chi connectivity index (χ4n) is 3.84. The highest BCUT2D eigenvalue weighted by atomic mass is 16.5. The maximum atomic E-state index is 12.7. The van der Waals surface area contributed by atoms with E-state index in [1.807, 2.05) is 32.3 Å². The van der Waals surface area contributed by atoms with Crippen LogP contribution in [0.1, 0.15) is 45.1 Å². The van der Waals surface area contributed by atoms with Gasteiger partial charge in [-0.3, -0.25) is 14.3 Å². The molecule has 0 bridgehead atoms. The SMILES string of the molecule is CCCCOc1nc(N)c2[nH]c(=O)n(CCCN(CCN(C)C)Cc3cccc(OC(=O)CC)c3)c2n1. The summed E-state index contributed by atoms with van der Waals surface area (Å²) in [7, 11) is 4.08. The number of benzene rings is 1. The highest BCUT2D eigenvalue weighted by molar-refractivity contribution is 5.81. The first-order chi connectivity index (χ1) is 17.8. The summed E-state index contributed by atoms with van der Waals surface area (Å²) >= 11 is 0. The van der Waals surface area contributed by atoms with Crippen molar-refractivity contribution in [1.29, 1.82) is 0 Å². The van der Waals surface area contributed by atoms with Crippen LogP contribution in [-0.2, 0) is 17.9 Å². The lowest BCUT2D eigenvalue weighted by Crippen LogP contribution is -2.33. The number of nitrogens with zero attached hydrogens (tertiary/aromatic N) is 5. The fraction of sp³-hybridized carbons (Fsp3) is 0.538. The van der Waals surface area contributed by atoms with Crippen molar-refractivity contribution in [3.05, 3.63) is 40.3 Å². The number of hydrogen-bond acceptors (Lipinski definition) is 9. The highest BCUT2D eigenvalue weighted by Gasteiger charge is 2.15. The molecule has 11 heteroatoms. The number of nitrogens with one attached hydrogen (secondary N) is 1. The predicted octanol–water partition coefficient (Wildman–Crippen LogP) is 2.65. The molecule has 3 aromatic rings. The highest BCUT2D eigenvalue weighted by Crippen LogP contribution is 2.19. The Morgan fingerprint density at radius 3 is 2.68 bits per heavy atom. The molecule has 3 rings (SSSR count). The number of carbonyl (C=O) groups is 1. The Hall–Kier alpha value is -3.44. The molecule has 0 aliphatic carbocycles. The number of aromatic amines is 1. The second-order valence-corrected chi connectivity index (χ2v) is 9.28. The molecule has 0 saturated carbocycles. The number of H-pyrrole nitrogens is 1. The standard InChI is InChI=1S/C26H39N7O4/c1-5-7-16-36-25-29-23(27)22-24(30-25)33(26(35)28-22)13-9-12-32(15-14-31(3)4)18-19-10-8-11-20(17-19)37-21(34)6-2/h8,10-11,17H,5-7,9,12-16,18H2,1-4H3,(H,28,35)(H2,27,29,30). The molecule has 0 aliphatic heterocycles. The van der Waals surface area contributed by atoms with Gasteiger partial charge < -0.3 is 25.1 Å². The first-order valence-corrected chi connectivity index (χ1v) is 12.9. The number of rotatable bonds is 15. The number of nitrogens with two attached hydrogens (primary N) is 1. The number of unbranched alkanes of at least 4 members (excludes halogenated alkanes) is 1. The molecule has 0 unspecified atom stereocenters. The second-order valence-electron chi connectivity index (χ2n) is 9.28. The number of ether oxygens (including phenoxy) is 2. The zero-order chi connectivity index (χ0) is 26.8. The van der Waals surface area contributed by atoms with Gasteiger partial charge in [-0.1, -0.05) is 32.4 Å². The fourth-order valence-corrected chi connectivity index (χ4v) is 3.84. The Labute approximate surface area is 217 Å². The molecule has 37 heavy (non-hydrogen) atoms. The first-order valence-electron chi connectivity index (χ1n) is 12.9. The van der Waals surface area contributed by atoms with Gasteiger partial charge in [-0.25, -0.2) is 4.79 Å². The molecule has 1 aromatic carbocycles. The maximum Gasteiger partial charge on any atom is 0.327 e. The lowest BCUT2D eigenvalue weighted by molar-refractivity contribution is -0.134. The number of fused-ring (bicyclic) bond motifs is 1. The van der Waals surface area contributed by atoms with E-state index >= 15 is 0 Å². The number of esters is 1. The van der Waals surface area contributed by atoms with E-state index in [2.05, 4.69) is 31.7 Å². The average Bonchev–Trinajstić information content (AvgIpc) is 3.18. The molecule has 2 aromatic heterocycles. The van der Waals surface area contributed by atoms with Gasteiger partial charge in [-0.05, 0) is 44.6 Å². The molecule has 3 N–H and O–H groups in total. The lowest BCUT2D eigenvalue weighted by atomic mass is 10.2. The predicted molar refractivity (Wildman–Crippen MR) is 144 cm³/mol. The lowest BCUT2D eigenvalue weighted by Gasteiger charge is -2.24. The van der Waals surface area contributed by atoms with Crippen LogP contribution in [0.15, 0.2) is 29.1 Å². The van der Waals surface area contributed by atoms with Crippen LogP contribution in [-0.4, -0.2) is 75.6 Å². The third-order valence-electron chi connectivity index (χ3n) is 5.90. The quantitative estimate of drug-likeness (QED) is 0.179. The van der Waals surface area contributed by atoms with Gasteiger partial charge in [0.2, 0.25) is 0 Å². The van der Waals surface area contributed by atoms with Crippen LogP contribution in [0.3, 0.4) is 0 Å². The molecule has 0 amide bonds. The van der Waals surface area contributed by atoms with Crippen molar-refractivity contribution in [2.75, 3.05) is 46.1 Å². The van der Waals surface area contributed by atoms with E-state index < -0.39 is 0 Å². The number of imidazole rings is 1. The Morgan fingerprint density at radius 1 is 1.14 bits per heavy atom. The van der Waals surface area contributed by atoms with E-state index in [1.165, 1.54) is 0 Å². The second kappa shape index (κ2) is 13.8. The minimum absolute atomic E-state index is 0.183. The van der Waals surface area contributed by atoms with E-state index in [0.29, 0.717) is 43.0 Å². The zero-order valence-corrected chi connectivity index (χ0v) is 22.3. The van der Waals surface area contributed by atoms with Crippen molar-refractivity contribution in [2.45, 2.75) is 52.6 Å². The van der Waals surface area contributed by atoms with Gasteiger partial charge in [0.1, 0.15) is 11.3 Å². The van der Waals surface area contributed by atoms with Crippen LogP contribution in [0.5, 0.6) is 11.8 Å². The molecular weight excluding hydrogens is 474 g/mol. The smallest absolute Gasteiger partial charge is 0.327 e. The van der Waals surface area contributed by atoms with Crippen LogP contribution in [0.4, 0.5) is 5.82 Å². The summed E-state index contributed by atoms with van der Waals surface area (Å²) in [6.45, 7) is 8.00. The number of carbonyl (C=O) groups excluding carboxylic acids is 1. The minimum Gasteiger partial charge on any atom is -0.463 e. The molecule has 0 atom stereocenters. The Bertz CT molecular complexity index is 1220. The van der Waals surface area contributed by atoms with E-state index in [4.69, 9.17) is 15.2 Å². The topological polar surface area (TPSA) is 132 Å². The number of hydrogen-bond donors (Lipinski definition) is 2. The van der Waals surface area contributed by atoms with Gasteiger partial charge in [-0.15, -0.1) is 0 Å². The summed E-state index contributed by atoms with van der Waals surface area (Å²) in [6, 6.07) is 7.80. The van der Waals surface area contributed by atoms with Crippen molar-refractivity contribution in [1.82, 2.24) is 29.3 Å². The Morgan fingerprint density at radius 2 is 1.95 bits per heavy atom. The van der Waals surface area contributed by atoms with Gasteiger partial charge >= 0.3 is 17.7 Å². The minimum atomic E-state index is -0.271. The largest absolute Gasteiger partial charge is 0.463 e. The number of anilines is 1. The first kappa shape index (κ1) is 28.1. The third-order valence-corrected chi connectivity index (χ3v) is 5.90. The summed E-state index contributed by atoms with van der Waals surface area (Å²) in [6.07, 6.45) is 2.93. The molecule has 11 nitrogen and oxygen atoms in total. The van der Waals surface area contributed by atoms with E-state index in [0.717, 1.165) is 44.5 Å². The molecule has 0 fully saturated rings. The van der Waals surface area contributed by atoms with Crippen LogP contribution >= 0.6 is 0 Å². The van der Waals surface area contributed by atoms with Crippen molar-refractivity contribution < 1.29 is 14.3 Å². The summed E-state index contributed by atoms with van der Waals surface area (Å²) in [4.78, 5) is 40.2. The summed E-state index contributed by atoms with van der Waals surface area (Å²) in [5, 5.41) is 0. The molecule has 0 radical (unpaired) electrons. The van der Waals surface area contributed by atoms with E-state index in [9.17, 15) is 9.59 Å². The van der Waals surface area contributed by atoms with Gasteiger partial charge in [0.05, 0.1) is 6.61 Å². The molecular formula is C26H39N7O4. The Balaban J connectivity index is 1.70. The zero-order valence-electron chi connectivity index (χ0n) is 22.3. The monoisotopic (exact) mass is 513 g/mol. The number of aromatic nitrogens is 4. The van der Waals surface area contributed by atoms with Crippen LogP contribution in [0.2, 0.25) is 0 Å². The molecule has 202 valence electrons. The van der Waals surface area contributed by atoms with Crippen molar-refractivity contribution >= 4 is 23.0 Å². The average molecular weight is 514 g/mol. The molecule has 2 heterocycles. The molecule has 0 aliphatic rings. The maximum absolute atomic E-state index is 12.7. The molecule has 0 spiro atoms. The molecule has 0 saturated heterocycles. The van der Waals surface area contributed by atoms with E-state index in [1.54, 1.807) is 17.6 Å². The Kier molecular flexibility index (Phi) is 10.5. The van der Waals surface area contributed by atoms with Crippen LogP contribution in [0.25, 0.3) is 11.2 Å². The normalized spacial score (nSPS) is 11.5. The van der Waals surface area contributed by atoms with E-state index in [-0.39, 0.29) is 23.5 Å². The van der Waals surface area contributed by atoms with Crippen molar-refractivity contribution in [3.8, 4) is 11.8 Å². The van der Waals surface area contributed by atoms with Gasteiger partial charge in [0, 0.05) is 39.1 Å². The summed E-state index contributed by atoms with van der Waals surface area (Å²) in [5.41, 5.74) is 7.73. The number of aryl methyl sites for hydroxylation is 1. The van der Waals surface area contributed by atoms with Gasteiger partial charge in [0.15, 0.2) is 11.5 Å². The van der Waals surface area contributed by atoms with Crippen molar-refractivity contribution in [3.63, 3.8) is 0 Å².